The van der Waals surface area contributed by atoms with E-state index in [2.05, 4.69) is 25.7 Å². The summed E-state index contributed by atoms with van der Waals surface area (Å²) in [5.74, 6) is 0.611. The van der Waals surface area contributed by atoms with Crippen molar-refractivity contribution in [3.05, 3.63) is 53.6 Å². The average molecular weight is 398 g/mol. The van der Waals surface area contributed by atoms with E-state index < -0.39 is 0 Å². The molecule has 4 N–H and O–H groups in total. The van der Waals surface area contributed by atoms with Crippen molar-refractivity contribution in [3.8, 4) is 5.75 Å². The van der Waals surface area contributed by atoms with E-state index in [0.29, 0.717) is 28.3 Å². The zero-order valence-electron chi connectivity index (χ0n) is 18.0. The van der Waals surface area contributed by atoms with Crippen molar-refractivity contribution in [2.45, 2.75) is 52.6 Å². The highest BCUT2D eigenvalue weighted by Crippen LogP contribution is 2.21. The highest BCUT2D eigenvalue weighted by molar-refractivity contribution is 6.10. The monoisotopic (exact) mass is 397 g/mol. The molecule has 0 spiro atoms. The average Bonchev–Trinajstić information content (AvgIpc) is 2.71. The first-order valence-electron chi connectivity index (χ1n) is 10.6. The van der Waals surface area contributed by atoms with E-state index in [1.807, 2.05) is 12.1 Å². The number of carbonyl (C=O) groups is 1. The molecule has 0 aliphatic rings. The van der Waals surface area contributed by atoms with Gasteiger partial charge in [-0.15, -0.1) is 0 Å². The Morgan fingerprint density at radius 3 is 2.24 bits per heavy atom. The Morgan fingerprint density at radius 2 is 1.62 bits per heavy atom. The molecule has 1 unspecified atom stereocenters. The van der Waals surface area contributed by atoms with Gasteiger partial charge in [-0.1, -0.05) is 38.8 Å². The van der Waals surface area contributed by atoms with Gasteiger partial charge < -0.3 is 16.2 Å². The second-order valence-electron chi connectivity index (χ2n) is 7.64. The fraction of sp³-hybridized carbons (Fsp3) is 0.458. The van der Waals surface area contributed by atoms with Crippen LogP contribution in [0.15, 0.2) is 42.5 Å². The number of rotatable bonds is 12. The summed E-state index contributed by atoms with van der Waals surface area (Å²) in [6.07, 6.45) is 4.83. The summed E-state index contributed by atoms with van der Waals surface area (Å²) in [5, 5.41) is 0. The van der Waals surface area contributed by atoms with E-state index in [0.717, 1.165) is 19.6 Å². The highest BCUT2D eigenvalue weighted by Gasteiger charge is 2.14. The van der Waals surface area contributed by atoms with E-state index in [1.54, 1.807) is 30.3 Å². The van der Waals surface area contributed by atoms with E-state index in [9.17, 15) is 4.79 Å². The number of hydrogen-bond donors (Lipinski definition) is 2. The Labute approximate surface area is 175 Å². The molecule has 5 heteroatoms. The molecule has 2 rings (SSSR count). The van der Waals surface area contributed by atoms with Gasteiger partial charge in [-0.3, -0.25) is 9.69 Å². The van der Waals surface area contributed by atoms with Crippen molar-refractivity contribution in [1.29, 1.82) is 0 Å². The van der Waals surface area contributed by atoms with Gasteiger partial charge in [-0.2, -0.15) is 0 Å². The van der Waals surface area contributed by atoms with Crippen LogP contribution >= 0.6 is 0 Å². The normalized spacial score (nSPS) is 12.1. The number of ether oxygens (including phenoxy) is 1. The molecule has 29 heavy (non-hydrogen) atoms. The van der Waals surface area contributed by atoms with E-state index in [4.69, 9.17) is 16.2 Å². The van der Waals surface area contributed by atoms with Crippen molar-refractivity contribution in [2.24, 2.45) is 0 Å². The molecule has 0 saturated heterocycles. The molecule has 2 aromatic carbocycles. The number of ketones is 1. The fourth-order valence-corrected chi connectivity index (χ4v) is 3.28. The van der Waals surface area contributed by atoms with Crippen LogP contribution in [0.2, 0.25) is 0 Å². The fourth-order valence-electron chi connectivity index (χ4n) is 3.28. The summed E-state index contributed by atoms with van der Waals surface area (Å²) in [4.78, 5) is 15.3. The van der Waals surface area contributed by atoms with Gasteiger partial charge in [0, 0.05) is 17.7 Å². The van der Waals surface area contributed by atoms with Gasteiger partial charge in [0.15, 0.2) is 5.78 Å². The summed E-state index contributed by atoms with van der Waals surface area (Å²) in [7, 11) is 0. The summed E-state index contributed by atoms with van der Waals surface area (Å²) in [6, 6.07) is 12.3. The predicted molar refractivity (Wildman–Crippen MR) is 121 cm³/mol. The van der Waals surface area contributed by atoms with Gasteiger partial charge >= 0.3 is 0 Å². The summed E-state index contributed by atoms with van der Waals surface area (Å²) in [5.41, 5.74) is 13.6. The standard InChI is InChI=1S/C24H35N3O2/c1-4-6-13-27(14-7-5-2)17-18(3)29-21-10-8-9-19(15-21)24(28)20-11-12-22(25)23(26)16-20/h8-12,15-16,18H,4-7,13-14,17,25-26H2,1-3H3. The first-order valence-corrected chi connectivity index (χ1v) is 10.6. The minimum atomic E-state index is -0.0951. The Morgan fingerprint density at radius 1 is 0.966 bits per heavy atom. The van der Waals surface area contributed by atoms with Gasteiger partial charge in [0.05, 0.1) is 11.4 Å². The van der Waals surface area contributed by atoms with Gasteiger partial charge in [-0.05, 0) is 63.2 Å². The summed E-state index contributed by atoms with van der Waals surface area (Å²) >= 11 is 0. The van der Waals surface area contributed by atoms with E-state index >= 15 is 0 Å². The maximum atomic E-state index is 12.8. The Hall–Kier alpha value is -2.53. The zero-order chi connectivity index (χ0) is 21.2. The van der Waals surface area contributed by atoms with E-state index in [-0.39, 0.29) is 11.9 Å². The molecule has 0 aliphatic carbocycles. The number of unbranched alkanes of at least 4 members (excludes halogenated alkanes) is 2. The molecule has 0 aliphatic heterocycles. The lowest BCUT2D eigenvalue weighted by Crippen LogP contribution is -2.35. The number of benzene rings is 2. The molecule has 0 amide bonds. The third-order valence-electron chi connectivity index (χ3n) is 4.95. The molecular formula is C24H35N3O2. The lowest BCUT2D eigenvalue weighted by atomic mass is 10.0. The van der Waals surface area contributed by atoms with Crippen LogP contribution in [0.4, 0.5) is 11.4 Å². The molecule has 5 nitrogen and oxygen atoms in total. The molecule has 158 valence electrons. The Kier molecular flexibility index (Phi) is 9.00. The van der Waals surface area contributed by atoms with Crippen LogP contribution in [0.3, 0.4) is 0 Å². The van der Waals surface area contributed by atoms with Crippen LogP contribution in [-0.2, 0) is 0 Å². The number of hydrogen-bond acceptors (Lipinski definition) is 5. The minimum absolute atomic E-state index is 0.0428. The largest absolute Gasteiger partial charge is 0.489 e. The van der Waals surface area contributed by atoms with Crippen molar-refractivity contribution in [2.75, 3.05) is 31.1 Å². The number of carbonyl (C=O) groups excluding carboxylic acids is 1. The molecular weight excluding hydrogens is 362 g/mol. The second-order valence-corrected chi connectivity index (χ2v) is 7.64. The maximum Gasteiger partial charge on any atom is 0.193 e. The van der Waals surface area contributed by atoms with Crippen molar-refractivity contribution < 1.29 is 9.53 Å². The first kappa shape index (κ1) is 22.8. The van der Waals surface area contributed by atoms with Crippen LogP contribution in [0.1, 0.15) is 62.4 Å². The molecule has 0 aromatic heterocycles. The number of nitrogen functional groups attached to an aromatic ring is 2. The SMILES string of the molecule is CCCCN(CCCC)CC(C)Oc1cccc(C(=O)c2ccc(N)c(N)c2)c1. The van der Waals surface area contributed by atoms with Crippen LogP contribution in [0.25, 0.3) is 0 Å². The van der Waals surface area contributed by atoms with Gasteiger partial charge in [0.2, 0.25) is 0 Å². The maximum absolute atomic E-state index is 12.8. The van der Waals surface area contributed by atoms with Crippen LogP contribution in [-0.4, -0.2) is 36.4 Å². The van der Waals surface area contributed by atoms with E-state index in [1.165, 1.54) is 25.7 Å². The highest BCUT2D eigenvalue weighted by atomic mass is 16.5. The smallest absolute Gasteiger partial charge is 0.193 e. The molecule has 2 aromatic rings. The van der Waals surface area contributed by atoms with Gasteiger partial charge in [-0.25, -0.2) is 0 Å². The lowest BCUT2D eigenvalue weighted by Gasteiger charge is -2.26. The lowest BCUT2D eigenvalue weighted by molar-refractivity contribution is 0.103. The zero-order valence-corrected chi connectivity index (χ0v) is 18.0. The molecule has 0 saturated carbocycles. The summed E-state index contributed by atoms with van der Waals surface area (Å²) in [6.45, 7) is 9.60. The summed E-state index contributed by atoms with van der Waals surface area (Å²) < 4.78 is 6.14. The Balaban J connectivity index is 2.04. The van der Waals surface area contributed by atoms with Crippen molar-refractivity contribution in [1.82, 2.24) is 4.90 Å². The Bertz CT molecular complexity index is 783. The quantitative estimate of drug-likeness (QED) is 0.399. The topological polar surface area (TPSA) is 81.6 Å². The third-order valence-corrected chi connectivity index (χ3v) is 4.95. The number of anilines is 2. The molecule has 0 heterocycles. The van der Waals surface area contributed by atoms with Crippen LogP contribution in [0.5, 0.6) is 5.75 Å². The van der Waals surface area contributed by atoms with Crippen molar-refractivity contribution in [3.63, 3.8) is 0 Å². The van der Waals surface area contributed by atoms with Crippen LogP contribution < -0.4 is 16.2 Å². The number of nitrogens with two attached hydrogens (primary N) is 2. The second kappa shape index (κ2) is 11.5. The predicted octanol–water partition coefficient (Wildman–Crippen LogP) is 4.75. The van der Waals surface area contributed by atoms with Gasteiger partial charge in [0.25, 0.3) is 0 Å². The van der Waals surface area contributed by atoms with Gasteiger partial charge in [0.1, 0.15) is 11.9 Å². The molecule has 0 bridgehead atoms. The minimum Gasteiger partial charge on any atom is -0.489 e. The third kappa shape index (κ3) is 7.09. The molecule has 0 radical (unpaired) electrons. The molecule has 1 atom stereocenters. The number of nitrogens with zero attached hydrogens (tertiary/aromatic N) is 1. The first-order chi connectivity index (χ1) is 13.9. The van der Waals surface area contributed by atoms with Crippen molar-refractivity contribution >= 4 is 17.2 Å². The molecule has 0 fully saturated rings. The van der Waals surface area contributed by atoms with Crippen LogP contribution in [0, 0.1) is 0 Å².